The molecule has 1 nitrogen and oxygen atoms in total. The van der Waals surface area contributed by atoms with Gasteiger partial charge in [-0.15, -0.1) is 0 Å². The highest BCUT2D eigenvalue weighted by molar-refractivity contribution is 5.33. The van der Waals surface area contributed by atoms with Gasteiger partial charge < -0.3 is 4.74 Å². The predicted molar refractivity (Wildman–Crippen MR) is 114 cm³/mol. The van der Waals surface area contributed by atoms with Crippen LogP contribution in [0.2, 0.25) is 0 Å². The third-order valence-corrected chi connectivity index (χ3v) is 6.44. The summed E-state index contributed by atoms with van der Waals surface area (Å²) in [5.74, 6) is 0.353. The maximum Gasteiger partial charge on any atom is 0.200 e. The molecule has 0 aliphatic heterocycles. The molecule has 1 saturated carbocycles. The van der Waals surface area contributed by atoms with E-state index in [0.29, 0.717) is 12.2 Å². The molecule has 2 rings (SSSR count). The maximum absolute atomic E-state index is 14.6. The van der Waals surface area contributed by atoms with Gasteiger partial charge in [-0.3, -0.25) is 0 Å². The quantitative estimate of drug-likeness (QED) is 0.346. The Kier molecular flexibility index (Phi) is 10.3. The second-order valence-electron chi connectivity index (χ2n) is 8.72. The first-order chi connectivity index (χ1) is 13.6. The minimum atomic E-state index is -0.814. The van der Waals surface area contributed by atoms with Crippen molar-refractivity contribution in [3.05, 3.63) is 29.3 Å². The van der Waals surface area contributed by atoms with Crippen LogP contribution in [-0.2, 0) is 0 Å². The first kappa shape index (κ1) is 23.2. The molecule has 0 atom stereocenters. The molecule has 0 unspecified atom stereocenters. The van der Waals surface area contributed by atoms with Crippen LogP contribution in [0.25, 0.3) is 0 Å². The normalized spacial score (nSPS) is 19.9. The summed E-state index contributed by atoms with van der Waals surface area (Å²) in [5, 5.41) is 0. The highest BCUT2D eigenvalue weighted by Crippen LogP contribution is 2.40. The van der Waals surface area contributed by atoms with Crippen LogP contribution in [0.5, 0.6) is 5.75 Å². The fourth-order valence-electron chi connectivity index (χ4n) is 4.89. The van der Waals surface area contributed by atoms with Crippen LogP contribution in [0.4, 0.5) is 8.78 Å². The smallest absolute Gasteiger partial charge is 0.200 e. The molecule has 0 bridgehead atoms. The molecule has 1 aliphatic carbocycles. The number of halogens is 2. The lowest BCUT2D eigenvalue weighted by molar-refractivity contribution is 0.280. The zero-order valence-electron chi connectivity index (χ0n) is 18.2. The number of rotatable bonds is 12. The van der Waals surface area contributed by atoms with Crippen LogP contribution in [0.1, 0.15) is 109 Å². The van der Waals surface area contributed by atoms with Gasteiger partial charge in [0.05, 0.1) is 6.61 Å². The fourth-order valence-corrected chi connectivity index (χ4v) is 4.89. The van der Waals surface area contributed by atoms with E-state index in [9.17, 15) is 8.78 Å². The zero-order valence-corrected chi connectivity index (χ0v) is 18.2. The zero-order chi connectivity index (χ0) is 20.4. The Morgan fingerprint density at radius 3 is 2.18 bits per heavy atom. The molecule has 1 aliphatic rings. The van der Waals surface area contributed by atoms with Gasteiger partial charge in [-0.05, 0) is 61.5 Å². The number of hydrogen-bond donors (Lipinski definition) is 0. The van der Waals surface area contributed by atoms with E-state index in [0.717, 1.165) is 43.9 Å². The summed E-state index contributed by atoms with van der Waals surface area (Å²) in [6, 6.07) is 3.35. The lowest BCUT2D eigenvalue weighted by Gasteiger charge is -2.29. The number of benzene rings is 1. The molecular weight excluding hydrogens is 354 g/mol. The molecule has 0 amide bonds. The number of ether oxygens (including phenoxy) is 1. The monoisotopic (exact) mass is 394 g/mol. The average molecular weight is 395 g/mol. The first-order valence-electron chi connectivity index (χ1n) is 11.7. The van der Waals surface area contributed by atoms with Crippen molar-refractivity contribution in [2.24, 2.45) is 11.8 Å². The Morgan fingerprint density at radius 2 is 1.57 bits per heavy atom. The van der Waals surface area contributed by atoms with Gasteiger partial charge >= 0.3 is 0 Å². The fraction of sp³-hybridized carbons (Fsp3) is 0.760. The summed E-state index contributed by atoms with van der Waals surface area (Å²) in [6.45, 7) is 6.94. The van der Waals surface area contributed by atoms with Crippen molar-refractivity contribution in [2.45, 2.75) is 104 Å². The van der Waals surface area contributed by atoms with Crippen molar-refractivity contribution in [1.82, 2.24) is 0 Å². The van der Waals surface area contributed by atoms with Gasteiger partial charge in [-0.25, -0.2) is 4.39 Å². The van der Waals surface area contributed by atoms with Crippen molar-refractivity contribution >= 4 is 0 Å². The second-order valence-corrected chi connectivity index (χ2v) is 8.72. The summed E-state index contributed by atoms with van der Waals surface area (Å²) in [7, 11) is 0. The van der Waals surface area contributed by atoms with Gasteiger partial charge in [-0.2, -0.15) is 4.39 Å². The molecular formula is C25H40F2O. The van der Waals surface area contributed by atoms with E-state index < -0.39 is 11.6 Å². The second kappa shape index (κ2) is 12.4. The SMILES string of the molecule is CCCOc1ccc(C2CCC(CCCC(CCC)CCC)CC2)c(F)c1F. The highest BCUT2D eigenvalue weighted by Gasteiger charge is 2.26. The first-order valence-corrected chi connectivity index (χ1v) is 11.7. The molecule has 0 aromatic heterocycles. The third-order valence-electron chi connectivity index (χ3n) is 6.44. The van der Waals surface area contributed by atoms with Gasteiger partial charge in [0.25, 0.3) is 0 Å². The highest BCUT2D eigenvalue weighted by atomic mass is 19.2. The van der Waals surface area contributed by atoms with Gasteiger partial charge in [0.1, 0.15) is 0 Å². The van der Waals surface area contributed by atoms with Crippen LogP contribution in [-0.4, -0.2) is 6.61 Å². The van der Waals surface area contributed by atoms with E-state index in [1.807, 2.05) is 6.92 Å². The van der Waals surface area contributed by atoms with Gasteiger partial charge in [0.15, 0.2) is 11.6 Å². The molecule has 160 valence electrons. The molecule has 0 saturated heterocycles. The van der Waals surface area contributed by atoms with E-state index in [1.165, 1.54) is 44.9 Å². The molecule has 0 N–H and O–H groups in total. The summed E-state index contributed by atoms with van der Waals surface area (Å²) in [5.41, 5.74) is 0.547. The molecule has 3 heteroatoms. The minimum Gasteiger partial charge on any atom is -0.490 e. The Bertz CT molecular complexity index is 558. The lowest BCUT2D eigenvalue weighted by Crippen LogP contribution is -2.15. The summed E-state index contributed by atoms with van der Waals surface area (Å²) in [6.07, 6.45) is 14.3. The standard InChI is InChI=1S/C25H40F2O/c1-4-8-19(9-5-2)10-7-11-20-12-14-21(15-13-20)22-16-17-23(28-18-6-3)25(27)24(22)26/h16-17,19-21H,4-15,18H2,1-3H3. The van der Waals surface area contributed by atoms with Gasteiger partial charge in [-0.1, -0.05) is 71.8 Å². The summed E-state index contributed by atoms with van der Waals surface area (Å²) in [4.78, 5) is 0. The van der Waals surface area contributed by atoms with E-state index in [1.54, 1.807) is 12.1 Å². The molecule has 0 spiro atoms. The molecule has 1 fully saturated rings. The molecule has 0 heterocycles. The molecule has 0 radical (unpaired) electrons. The van der Waals surface area contributed by atoms with Crippen molar-refractivity contribution in [3.8, 4) is 5.75 Å². The van der Waals surface area contributed by atoms with Crippen molar-refractivity contribution in [2.75, 3.05) is 6.61 Å². The van der Waals surface area contributed by atoms with Crippen LogP contribution in [0.3, 0.4) is 0 Å². The minimum absolute atomic E-state index is 0.0468. The topological polar surface area (TPSA) is 9.23 Å². The number of hydrogen-bond acceptors (Lipinski definition) is 1. The Morgan fingerprint density at radius 1 is 0.893 bits per heavy atom. The largest absolute Gasteiger partial charge is 0.490 e. The van der Waals surface area contributed by atoms with Crippen LogP contribution < -0.4 is 4.74 Å². The maximum atomic E-state index is 14.6. The van der Waals surface area contributed by atoms with E-state index >= 15 is 0 Å². The van der Waals surface area contributed by atoms with E-state index in [-0.39, 0.29) is 11.7 Å². The van der Waals surface area contributed by atoms with E-state index in [2.05, 4.69) is 13.8 Å². The average Bonchev–Trinajstić information content (AvgIpc) is 2.70. The van der Waals surface area contributed by atoms with Gasteiger partial charge in [0, 0.05) is 0 Å². The van der Waals surface area contributed by atoms with Crippen LogP contribution in [0, 0.1) is 23.5 Å². The van der Waals surface area contributed by atoms with Gasteiger partial charge in [0.2, 0.25) is 5.82 Å². The van der Waals surface area contributed by atoms with Crippen LogP contribution in [0.15, 0.2) is 12.1 Å². The Balaban J connectivity index is 1.81. The van der Waals surface area contributed by atoms with Crippen molar-refractivity contribution in [1.29, 1.82) is 0 Å². The van der Waals surface area contributed by atoms with Crippen molar-refractivity contribution < 1.29 is 13.5 Å². The van der Waals surface area contributed by atoms with Crippen molar-refractivity contribution in [3.63, 3.8) is 0 Å². The Labute approximate surface area is 171 Å². The third kappa shape index (κ3) is 6.74. The summed E-state index contributed by atoms with van der Waals surface area (Å²) < 4.78 is 34.1. The Hall–Kier alpha value is -1.12. The summed E-state index contributed by atoms with van der Waals surface area (Å²) >= 11 is 0. The predicted octanol–water partition coefficient (Wildman–Crippen LogP) is 8.41. The lowest BCUT2D eigenvalue weighted by atomic mass is 9.76. The molecule has 28 heavy (non-hydrogen) atoms. The van der Waals surface area contributed by atoms with E-state index in [4.69, 9.17) is 4.74 Å². The molecule has 1 aromatic carbocycles. The van der Waals surface area contributed by atoms with Crippen LogP contribution >= 0.6 is 0 Å². The molecule has 1 aromatic rings.